The number of nitrogens with zero attached hydrogens (tertiary/aromatic N) is 2. The summed E-state index contributed by atoms with van der Waals surface area (Å²) in [5, 5.41) is 7.24. The Morgan fingerprint density at radius 3 is 2.69 bits per heavy atom. The number of furan rings is 1. The van der Waals surface area contributed by atoms with Gasteiger partial charge < -0.3 is 9.73 Å². The monoisotopic (exact) mass is 379 g/mol. The molecule has 0 spiro atoms. The first-order chi connectivity index (χ1) is 12.4. The minimum atomic E-state index is -2.49. The average molecular weight is 379 g/mol. The van der Waals surface area contributed by atoms with E-state index in [0.29, 0.717) is 23.1 Å². The first-order valence-electron chi connectivity index (χ1n) is 7.65. The third-order valence-corrected chi connectivity index (χ3v) is 4.56. The van der Waals surface area contributed by atoms with E-state index in [2.05, 4.69) is 10.4 Å². The van der Waals surface area contributed by atoms with E-state index in [1.165, 1.54) is 18.3 Å². The van der Waals surface area contributed by atoms with Crippen molar-refractivity contribution in [3.8, 4) is 0 Å². The topological polar surface area (TPSA) is 74.9 Å². The highest BCUT2D eigenvalue weighted by Gasteiger charge is 2.49. The largest absolute Gasteiger partial charge is 0.459 e. The van der Waals surface area contributed by atoms with Gasteiger partial charge in [0.25, 0.3) is 11.7 Å². The number of amides is 3. The van der Waals surface area contributed by atoms with Crippen molar-refractivity contribution in [3.63, 3.8) is 0 Å². The summed E-state index contributed by atoms with van der Waals surface area (Å²) in [6.07, 6.45) is 1.20. The number of hydrazone groups is 1. The summed E-state index contributed by atoms with van der Waals surface area (Å²) < 4.78 is 29.7. The zero-order chi connectivity index (χ0) is 18.7. The average Bonchev–Trinajstić information content (AvgIpc) is 3.16. The van der Waals surface area contributed by atoms with E-state index in [9.17, 15) is 18.4 Å². The zero-order valence-corrected chi connectivity index (χ0v) is 14.5. The highest BCUT2D eigenvalue weighted by atomic mass is 32.2. The highest BCUT2D eigenvalue weighted by molar-refractivity contribution is 7.98. The van der Waals surface area contributed by atoms with Crippen LogP contribution in [-0.4, -0.2) is 28.9 Å². The SMILES string of the molecule is C[C@@]1(c2ccccc2)NC(=O)N(/N=C\c2ccc(CSC(F)F)o2)C1=O. The normalized spacial score (nSPS) is 20.4. The van der Waals surface area contributed by atoms with E-state index in [4.69, 9.17) is 4.42 Å². The summed E-state index contributed by atoms with van der Waals surface area (Å²) in [5.41, 5.74) is -0.571. The number of carbonyl (C=O) groups excluding carboxylic acids is 2. The summed E-state index contributed by atoms with van der Waals surface area (Å²) in [6, 6.07) is 11.2. The molecular weight excluding hydrogens is 364 g/mol. The van der Waals surface area contributed by atoms with Crippen molar-refractivity contribution in [3.05, 3.63) is 59.5 Å². The summed E-state index contributed by atoms with van der Waals surface area (Å²) in [5.74, 6) is -2.39. The molecule has 1 fully saturated rings. The van der Waals surface area contributed by atoms with Gasteiger partial charge in [-0.15, -0.1) is 5.01 Å². The van der Waals surface area contributed by atoms with Crippen molar-refractivity contribution >= 4 is 29.9 Å². The molecule has 0 unspecified atom stereocenters. The van der Waals surface area contributed by atoms with Crippen LogP contribution in [0, 0.1) is 0 Å². The number of alkyl halides is 2. The number of nitrogens with one attached hydrogen (secondary N) is 1. The van der Waals surface area contributed by atoms with E-state index in [-0.39, 0.29) is 11.5 Å². The van der Waals surface area contributed by atoms with Gasteiger partial charge in [0.2, 0.25) is 0 Å². The molecule has 3 amide bonds. The van der Waals surface area contributed by atoms with Crippen molar-refractivity contribution in [1.29, 1.82) is 0 Å². The van der Waals surface area contributed by atoms with Crippen LogP contribution in [0.1, 0.15) is 24.0 Å². The number of hydrogen-bond acceptors (Lipinski definition) is 5. The zero-order valence-electron chi connectivity index (χ0n) is 13.7. The minimum Gasteiger partial charge on any atom is -0.459 e. The van der Waals surface area contributed by atoms with Gasteiger partial charge in [-0.25, -0.2) is 4.79 Å². The number of thioether (sulfide) groups is 1. The Balaban J connectivity index is 1.73. The van der Waals surface area contributed by atoms with Gasteiger partial charge in [-0.05, 0) is 24.6 Å². The van der Waals surface area contributed by atoms with E-state index < -0.39 is 23.2 Å². The lowest BCUT2D eigenvalue weighted by Crippen LogP contribution is -2.40. The predicted octanol–water partition coefficient (Wildman–Crippen LogP) is 3.54. The Morgan fingerprint density at radius 2 is 2.00 bits per heavy atom. The van der Waals surface area contributed by atoms with Gasteiger partial charge in [-0.1, -0.05) is 42.1 Å². The molecule has 1 aromatic heterocycles. The standard InChI is InChI=1S/C17H15F2N3O3S/c1-17(11-5-3-2-4-6-11)14(23)22(16(24)21-17)20-9-12-7-8-13(25-12)10-26-15(18)19/h2-9,15H,10H2,1H3,(H,21,24)/b20-9-/t17-/m0/s1. The van der Waals surface area contributed by atoms with Crippen molar-refractivity contribution < 1.29 is 22.8 Å². The summed E-state index contributed by atoms with van der Waals surface area (Å²) >= 11 is 0.439. The molecule has 9 heteroatoms. The number of urea groups is 1. The highest BCUT2D eigenvalue weighted by Crippen LogP contribution is 2.28. The fraction of sp³-hybridized carbons (Fsp3) is 0.235. The minimum absolute atomic E-state index is 0.0146. The smallest absolute Gasteiger partial charge is 0.346 e. The summed E-state index contributed by atoms with van der Waals surface area (Å²) in [4.78, 5) is 24.8. The number of imide groups is 1. The fourth-order valence-corrected chi connectivity index (χ4v) is 2.94. The molecule has 0 aliphatic carbocycles. The molecule has 1 aliphatic heterocycles. The molecule has 2 aromatic rings. The first kappa shape index (κ1) is 18.1. The fourth-order valence-electron chi connectivity index (χ4n) is 2.50. The molecule has 1 aliphatic rings. The molecule has 0 radical (unpaired) electrons. The molecule has 26 heavy (non-hydrogen) atoms. The number of rotatable bonds is 6. The Hall–Kier alpha value is -2.68. The number of halogens is 2. The summed E-state index contributed by atoms with van der Waals surface area (Å²) in [6.45, 7) is 1.60. The quantitative estimate of drug-likeness (QED) is 0.615. The Labute approximate surface area is 152 Å². The lowest BCUT2D eigenvalue weighted by Gasteiger charge is -2.20. The number of benzene rings is 1. The van der Waals surface area contributed by atoms with Crippen molar-refractivity contribution in [1.82, 2.24) is 10.3 Å². The van der Waals surface area contributed by atoms with Gasteiger partial charge in [-0.3, -0.25) is 4.79 Å². The second kappa shape index (κ2) is 7.28. The van der Waals surface area contributed by atoms with Crippen LogP contribution in [0.25, 0.3) is 0 Å². The Bertz CT molecular complexity index is 841. The molecule has 136 valence electrons. The van der Waals surface area contributed by atoms with Gasteiger partial charge in [0.15, 0.2) is 0 Å². The van der Waals surface area contributed by atoms with Crippen LogP contribution in [0.2, 0.25) is 0 Å². The van der Waals surface area contributed by atoms with Gasteiger partial charge in [0.05, 0.1) is 12.0 Å². The number of hydrogen-bond donors (Lipinski definition) is 1. The van der Waals surface area contributed by atoms with Crippen LogP contribution in [0.15, 0.2) is 52.0 Å². The third-order valence-electron chi connectivity index (χ3n) is 3.86. The van der Waals surface area contributed by atoms with Gasteiger partial charge >= 0.3 is 6.03 Å². The molecule has 0 saturated carbocycles. The van der Waals surface area contributed by atoms with E-state index in [0.717, 1.165) is 5.01 Å². The van der Waals surface area contributed by atoms with Crippen LogP contribution in [0.5, 0.6) is 0 Å². The molecule has 1 atom stereocenters. The van der Waals surface area contributed by atoms with Crippen LogP contribution in [-0.2, 0) is 16.1 Å². The van der Waals surface area contributed by atoms with E-state index in [1.54, 1.807) is 31.2 Å². The van der Waals surface area contributed by atoms with E-state index in [1.807, 2.05) is 6.07 Å². The third kappa shape index (κ3) is 3.62. The first-order valence-corrected chi connectivity index (χ1v) is 8.70. The molecule has 6 nitrogen and oxygen atoms in total. The second-order valence-corrected chi connectivity index (χ2v) is 6.64. The summed E-state index contributed by atoms with van der Waals surface area (Å²) in [7, 11) is 0. The van der Waals surface area contributed by atoms with Gasteiger partial charge in [0.1, 0.15) is 17.1 Å². The lowest BCUT2D eigenvalue weighted by atomic mass is 9.92. The van der Waals surface area contributed by atoms with Crippen LogP contribution < -0.4 is 5.32 Å². The number of carbonyl (C=O) groups is 2. The molecular formula is C17H15F2N3O3S. The van der Waals surface area contributed by atoms with Crippen LogP contribution in [0.3, 0.4) is 0 Å². The second-order valence-electron chi connectivity index (χ2n) is 5.66. The molecule has 2 heterocycles. The molecule has 0 bridgehead atoms. The van der Waals surface area contributed by atoms with Crippen molar-refractivity contribution in [2.24, 2.45) is 5.10 Å². The molecule has 3 rings (SSSR count). The van der Waals surface area contributed by atoms with Gasteiger partial charge in [-0.2, -0.15) is 13.9 Å². The van der Waals surface area contributed by atoms with Crippen molar-refractivity contribution in [2.45, 2.75) is 24.0 Å². The van der Waals surface area contributed by atoms with Crippen LogP contribution in [0.4, 0.5) is 13.6 Å². The molecule has 1 aromatic carbocycles. The molecule has 1 N–H and O–H groups in total. The predicted molar refractivity (Wildman–Crippen MR) is 92.8 cm³/mol. The molecule has 1 saturated heterocycles. The van der Waals surface area contributed by atoms with Crippen molar-refractivity contribution in [2.75, 3.05) is 0 Å². The maximum atomic E-state index is 12.7. The van der Waals surface area contributed by atoms with E-state index >= 15 is 0 Å². The Morgan fingerprint density at radius 1 is 1.27 bits per heavy atom. The lowest BCUT2D eigenvalue weighted by molar-refractivity contribution is -0.131. The maximum absolute atomic E-state index is 12.7. The van der Waals surface area contributed by atoms with Gasteiger partial charge in [0, 0.05) is 0 Å². The Kier molecular flexibility index (Phi) is 5.08. The van der Waals surface area contributed by atoms with Crippen LogP contribution >= 0.6 is 11.8 Å². The maximum Gasteiger partial charge on any atom is 0.346 e.